The lowest BCUT2D eigenvalue weighted by molar-refractivity contribution is 0.0766. The Bertz CT molecular complexity index is 958. The molecule has 0 N–H and O–H groups in total. The number of carbonyl (C=O) groups excluding carboxylic acids is 1. The van der Waals surface area contributed by atoms with Crippen molar-refractivity contribution in [1.82, 2.24) is 9.88 Å². The molecule has 0 atom stereocenters. The van der Waals surface area contributed by atoms with Crippen LogP contribution in [0.2, 0.25) is 0 Å². The van der Waals surface area contributed by atoms with Gasteiger partial charge in [0.25, 0.3) is 5.91 Å². The highest BCUT2D eigenvalue weighted by Gasteiger charge is 2.17. The van der Waals surface area contributed by atoms with Crippen LogP contribution in [0.5, 0.6) is 0 Å². The summed E-state index contributed by atoms with van der Waals surface area (Å²) < 4.78 is 5.67. The number of carbonyl (C=O) groups is 1. The fourth-order valence-corrected chi connectivity index (χ4v) is 3.26. The average Bonchev–Trinajstić information content (AvgIpc) is 2.96. The summed E-state index contributed by atoms with van der Waals surface area (Å²) in [5, 5.41) is 0.486. The Morgan fingerprint density at radius 3 is 2.79 bits per heavy atom. The van der Waals surface area contributed by atoms with E-state index in [-0.39, 0.29) is 17.1 Å². The number of rotatable bonds is 4. The van der Waals surface area contributed by atoms with Gasteiger partial charge in [-0.1, -0.05) is 6.07 Å². The molecule has 0 saturated carbocycles. The molecule has 3 aromatic rings. The van der Waals surface area contributed by atoms with Crippen molar-refractivity contribution in [2.24, 2.45) is 0 Å². The number of amides is 1. The van der Waals surface area contributed by atoms with Gasteiger partial charge < -0.3 is 9.32 Å². The van der Waals surface area contributed by atoms with Crippen LogP contribution in [0.3, 0.4) is 0 Å². The molecular formula is C18H18N2O3S. The van der Waals surface area contributed by atoms with Crippen molar-refractivity contribution in [1.29, 1.82) is 0 Å². The van der Waals surface area contributed by atoms with Crippen LogP contribution in [0.4, 0.5) is 0 Å². The third kappa shape index (κ3) is 3.23. The minimum Gasteiger partial charge on any atom is -0.451 e. The van der Waals surface area contributed by atoms with Crippen LogP contribution in [0.25, 0.3) is 11.0 Å². The summed E-state index contributed by atoms with van der Waals surface area (Å²) in [5.74, 6) is -0.223. The summed E-state index contributed by atoms with van der Waals surface area (Å²) in [6.07, 6.45) is 0.732. The number of nitrogens with zero attached hydrogens (tertiary/aromatic N) is 2. The first-order valence-electron chi connectivity index (χ1n) is 7.64. The van der Waals surface area contributed by atoms with Crippen molar-refractivity contribution in [3.8, 4) is 0 Å². The van der Waals surface area contributed by atoms with Gasteiger partial charge in [-0.15, -0.1) is 11.3 Å². The Morgan fingerprint density at radius 1 is 1.29 bits per heavy atom. The van der Waals surface area contributed by atoms with Gasteiger partial charge in [0.2, 0.25) is 0 Å². The lowest BCUT2D eigenvalue weighted by Crippen LogP contribution is -2.29. The molecule has 2 heterocycles. The van der Waals surface area contributed by atoms with E-state index < -0.39 is 0 Å². The fourth-order valence-electron chi connectivity index (χ4n) is 2.49. The van der Waals surface area contributed by atoms with Crippen molar-refractivity contribution < 1.29 is 9.21 Å². The lowest BCUT2D eigenvalue weighted by atomic mass is 10.1. The van der Waals surface area contributed by atoms with Crippen molar-refractivity contribution in [2.45, 2.75) is 20.3 Å². The first-order chi connectivity index (χ1) is 11.5. The fraction of sp³-hybridized carbons (Fsp3) is 0.278. The van der Waals surface area contributed by atoms with Crippen LogP contribution in [-0.2, 0) is 6.42 Å². The molecule has 0 bridgehead atoms. The maximum Gasteiger partial charge on any atom is 0.289 e. The summed E-state index contributed by atoms with van der Waals surface area (Å²) in [5.41, 5.74) is 4.01. The van der Waals surface area contributed by atoms with Gasteiger partial charge in [-0.3, -0.25) is 9.59 Å². The molecule has 5 nitrogen and oxygen atoms in total. The Labute approximate surface area is 143 Å². The molecule has 0 fully saturated rings. The largest absolute Gasteiger partial charge is 0.451 e. The number of benzene rings is 1. The normalized spacial score (nSPS) is 11.0. The number of aryl methyl sites for hydroxylation is 2. The molecule has 0 aliphatic heterocycles. The summed E-state index contributed by atoms with van der Waals surface area (Å²) in [6, 6.07) is 6.62. The van der Waals surface area contributed by atoms with Crippen LogP contribution >= 0.6 is 11.3 Å². The number of hydrogen-bond acceptors (Lipinski definition) is 5. The third-order valence-electron chi connectivity index (χ3n) is 3.96. The Morgan fingerprint density at radius 2 is 2.08 bits per heavy atom. The lowest BCUT2D eigenvalue weighted by Gasteiger charge is -2.16. The average molecular weight is 342 g/mol. The van der Waals surface area contributed by atoms with E-state index in [1.165, 1.54) is 6.07 Å². The molecule has 0 aliphatic carbocycles. The highest BCUT2D eigenvalue weighted by molar-refractivity contribution is 7.09. The molecule has 0 saturated heterocycles. The van der Waals surface area contributed by atoms with Gasteiger partial charge in [-0.2, -0.15) is 0 Å². The number of thiazole rings is 1. The van der Waals surface area contributed by atoms with E-state index in [1.807, 2.05) is 19.9 Å². The molecule has 6 heteroatoms. The number of hydrogen-bond donors (Lipinski definition) is 0. The van der Waals surface area contributed by atoms with E-state index in [9.17, 15) is 9.59 Å². The van der Waals surface area contributed by atoms with E-state index in [1.54, 1.807) is 40.9 Å². The SMILES string of the molecule is Cc1ccc2c(=O)cc(C(=O)N(C)CCc3scnc3C)oc2c1. The van der Waals surface area contributed by atoms with Crippen LogP contribution < -0.4 is 5.43 Å². The number of aromatic nitrogens is 1. The van der Waals surface area contributed by atoms with Gasteiger partial charge in [-0.25, -0.2) is 4.98 Å². The van der Waals surface area contributed by atoms with E-state index in [0.29, 0.717) is 17.5 Å². The second kappa shape index (κ2) is 6.57. The molecule has 0 radical (unpaired) electrons. The van der Waals surface area contributed by atoms with Gasteiger partial charge in [0.1, 0.15) is 5.58 Å². The number of fused-ring (bicyclic) bond motifs is 1. The second-order valence-electron chi connectivity index (χ2n) is 5.81. The molecule has 2 aromatic heterocycles. The molecule has 124 valence electrons. The number of likely N-dealkylation sites (N-methyl/N-ethyl adjacent to an activating group) is 1. The first kappa shape index (κ1) is 16.4. The van der Waals surface area contributed by atoms with E-state index in [4.69, 9.17) is 4.42 Å². The second-order valence-corrected chi connectivity index (χ2v) is 6.75. The highest BCUT2D eigenvalue weighted by atomic mass is 32.1. The molecule has 0 aliphatic rings. The van der Waals surface area contributed by atoms with Crippen molar-refractivity contribution in [2.75, 3.05) is 13.6 Å². The maximum absolute atomic E-state index is 12.6. The van der Waals surface area contributed by atoms with E-state index in [2.05, 4.69) is 4.98 Å². The topological polar surface area (TPSA) is 63.4 Å². The predicted octanol–water partition coefficient (Wildman–Crippen LogP) is 3.18. The Kier molecular flexibility index (Phi) is 4.49. The van der Waals surface area contributed by atoms with E-state index >= 15 is 0 Å². The van der Waals surface area contributed by atoms with Crippen molar-refractivity contribution >= 4 is 28.2 Å². The molecule has 3 rings (SSSR count). The van der Waals surface area contributed by atoms with Crippen molar-refractivity contribution in [3.63, 3.8) is 0 Å². The monoisotopic (exact) mass is 342 g/mol. The summed E-state index contributed by atoms with van der Waals surface area (Å²) in [7, 11) is 1.71. The van der Waals surface area contributed by atoms with Gasteiger partial charge in [-0.05, 0) is 31.5 Å². The van der Waals surface area contributed by atoms with Crippen LogP contribution in [-0.4, -0.2) is 29.4 Å². The predicted molar refractivity (Wildman–Crippen MR) is 94.7 cm³/mol. The Balaban J connectivity index is 1.82. The zero-order chi connectivity index (χ0) is 17.3. The quantitative estimate of drug-likeness (QED) is 0.730. The van der Waals surface area contributed by atoms with Crippen molar-refractivity contribution in [3.05, 3.63) is 61.9 Å². The van der Waals surface area contributed by atoms with Crippen LogP contribution in [0.15, 0.2) is 39.0 Å². The minimum atomic E-state index is -0.294. The molecule has 0 spiro atoms. The maximum atomic E-state index is 12.6. The first-order valence-corrected chi connectivity index (χ1v) is 8.52. The minimum absolute atomic E-state index is 0.0710. The molecule has 1 aromatic carbocycles. The summed E-state index contributed by atoms with van der Waals surface area (Å²) >= 11 is 1.58. The molecule has 24 heavy (non-hydrogen) atoms. The third-order valence-corrected chi connectivity index (χ3v) is 4.96. The highest BCUT2D eigenvalue weighted by Crippen LogP contribution is 2.16. The molecule has 1 amide bonds. The smallest absolute Gasteiger partial charge is 0.289 e. The van der Waals surface area contributed by atoms with E-state index in [0.717, 1.165) is 22.6 Å². The van der Waals surface area contributed by atoms with Crippen LogP contribution in [0.1, 0.15) is 26.7 Å². The van der Waals surface area contributed by atoms with Gasteiger partial charge in [0, 0.05) is 31.0 Å². The molecular weight excluding hydrogens is 324 g/mol. The zero-order valence-electron chi connectivity index (χ0n) is 13.8. The van der Waals surface area contributed by atoms with Crippen LogP contribution in [0, 0.1) is 13.8 Å². The van der Waals surface area contributed by atoms with Gasteiger partial charge in [0.05, 0.1) is 16.6 Å². The summed E-state index contributed by atoms with van der Waals surface area (Å²) in [6.45, 7) is 4.41. The standard InChI is InChI=1S/C18H18N2O3S/c1-11-4-5-13-14(21)9-16(23-15(13)8-11)18(22)20(3)7-6-17-12(2)19-10-24-17/h4-5,8-10H,6-7H2,1-3H3. The van der Waals surface area contributed by atoms with Gasteiger partial charge >= 0.3 is 0 Å². The summed E-state index contributed by atoms with van der Waals surface area (Å²) in [4.78, 5) is 31.7. The molecule has 0 unspecified atom stereocenters. The zero-order valence-corrected chi connectivity index (χ0v) is 14.6. The van der Waals surface area contributed by atoms with Gasteiger partial charge in [0.15, 0.2) is 11.2 Å². The Hall–Kier alpha value is -2.47.